The molecule has 5 heteroatoms. The van der Waals surface area contributed by atoms with Crippen molar-refractivity contribution in [2.75, 3.05) is 6.61 Å². The summed E-state index contributed by atoms with van der Waals surface area (Å²) in [6.45, 7) is 8.98. The van der Waals surface area contributed by atoms with Gasteiger partial charge in [0.25, 0.3) is 0 Å². The summed E-state index contributed by atoms with van der Waals surface area (Å²) in [6, 6.07) is -0.0627. The average molecular weight is 283 g/mol. The van der Waals surface area contributed by atoms with Crippen molar-refractivity contribution >= 4 is 17.5 Å². The topological polar surface area (TPSA) is 72.5 Å². The Morgan fingerprint density at radius 2 is 1.80 bits per heavy atom. The fourth-order valence-electron chi connectivity index (χ4n) is 1.72. The van der Waals surface area contributed by atoms with Crippen LogP contribution in [0.5, 0.6) is 0 Å². The Morgan fingerprint density at radius 3 is 2.30 bits per heavy atom. The second-order valence-electron chi connectivity index (χ2n) is 5.63. The molecule has 0 fully saturated rings. The van der Waals surface area contributed by atoms with Gasteiger partial charge in [-0.05, 0) is 47.1 Å². The van der Waals surface area contributed by atoms with Gasteiger partial charge in [0.2, 0.25) is 5.91 Å². The molecule has 0 aromatic heterocycles. The summed E-state index contributed by atoms with van der Waals surface area (Å²) < 4.78 is 5.65. The molecular weight excluding hydrogens is 258 g/mol. The van der Waals surface area contributed by atoms with Crippen molar-refractivity contribution in [1.82, 2.24) is 5.32 Å². The number of ether oxygens (including phenoxy) is 1. The summed E-state index contributed by atoms with van der Waals surface area (Å²) in [6.07, 6.45) is 3.46. The van der Waals surface area contributed by atoms with Crippen LogP contribution in [0.2, 0.25) is 0 Å². The van der Waals surface area contributed by atoms with Crippen LogP contribution in [-0.2, 0) is 19.1 Å². The van der Waals surface area contributed by atoms with E-state index in [2.05, 4.69) is 5.32 Å². The van der Waals surface area contributed by atoms with E-state index in [9.17, 15) is 14.4 Å². The minimum Gasteiger partial charge on any atom is -0.375 e. The molecule has 0 radical (unpaired) electrons. The average Bonchev–Trinajstić information content (AvgIpc) is 2.23. The van der Waals surface area contributed by atoms with E-state index in [-0.39, 0.29) is 23.5 Å². The van der Waals surface area contributed by atoms with Crippen LogP contribution in [0, 0.1) is 0 Å². The highest BCUT2D eigenvalue weighted by atomic mass is 16.5. The van der Waals surface area contributed by atoms with E-state index in [1.807, 2.05) is 20.8 Å². The minimum absolute atomic E-state index is 0.0627. The van der Waals surface area contributed by atoms with Gasteiger partial charge < -0.3 is 10.1 Å². The van der Waals surface area contributed by atoms with Crippen LogP contribution >= 0.6 is 0 Å². The van der Waals surface area contributed by atoms with Gasteiger partial charge in [0.15, 0.2) is 5.78 Å². The largest absolute Gasteiger partial charge is 0.375 e. The molecule has 0 saturated carbocycles. The van der Waals surface area contributed by atoms with Crippen LogP contribution < -0.4 is 5.32 Å². The van der Waals surface area contributed by atoms with Gasteiger partial charge in [-0.15, -0.1) is 0 Å². The molecule has 1 unspecified atom stereocenters. The normalized spacial score (nSPS) is 13.2. The number of hydrogen-bond donors (Lipinski definition) is 1. The molecular formula is C15H25NO4. The maximum atomic E-state index is 11.4. The molecule has 1 atom stereocenters. The molecule has 0 heterocycles. The molecule has 0 bridgehead atoms. The summed E-state index contributed by atoms with van der Waals surface area (Å²) in [4.78, 5) is 33.2. The van der Waals surface area contributed by atoms with Crippen molar-refractivity contribution in [1.29, 1.82) is 0 Å². The zero-order valence-electron chi connectivity index (χ0n) is 13.0. The van der Waals surface area contributed by atoms with E-state index in [1.54, 1.807) is 0 Å². The lowest BCUT2D eigenvalue weighted by Crippen LogP contribution is -2.34. The standard InChI is InChI=1S/C15H25NO4/c1-11(16-14(19)7-6-12(2)17)8-9-20-15(4,5)10-13(3)18/h6-7,11H,8-10H2,1-5H3,(H,16,19)/b7-6-. The smallest absolute Gasteiger partial charge is 0.244 e. The van der Waals surface area contributed by atoms with Crippen molar-refractivity contribution in [3.05, 3.63) is 12.2 Å². The van der Waals surface area contributed by atoms with E-state index in [0.29, 0.717) is 19.4 Å². The van der Waals surface area contributed by atoms with E-state index < -0.39 is 5.60 Å². The summed E-state index contributed by atoms with van der Waals surface area (Å²) in [5.74, 6) is -0.372. The molecule has 1 N–H and O–H groups in total. The SMILES string of the molecule is CC(=O)/C=C\C(=O)NC(C)CCOC(C)(C)CC(C)=O. The van der Waals surface area contributed by atoms with Crippen molar-refractivity contribution in [2.24, 2.45) is 0 Å². The third kappa shape index (κ3) is 10.4. The number of allylic oxidation sites excluding steroid dienone is 1. The van der Waals surface area contributed by atoms with Crippen LogP contribution in [0.3, 0.4) is 0 Å². The first-order valence-corrected chi connectivity index (χ1v) is 6.75. The molecule has 114 valence electrons. The molecule has 0 aromatic rings. The zero-order valence-corrected chi connectivity index (χ0v) is 13.0. The van der Waals surface area contributed by atoms with Gasteiger partial charge in [0, 0.05) is 25.1 Å². The maximum absolute atomic E-state index is 11.4. The van der Waals surface area contributed by atoms with Crippen molar-refractivity contribution in [3.8, 4) is 0 Å². The van der Waals surface area contributed by atoms with Gasteiger partial charge in [-0.3, -0.25) is 14.4 Å². The molecule has 0 spiro atoms. The van der Waals surface area contributed by atoms with Crippen molar-refractivity contribution < 1.29 is 19.1 Å². The third-order valence-corrected chi connectivity index (χ3v) is 2.58. The number of hydrogen-bond acceptors (Lipinski definition) is 4. The Morgan fingerprint density at radius 1 is 1.20 bits per heavy atom. The van der Waals surface area contributed by atoms with Gasteiger partial charge in [-0.25, -0.2) is 0 Å². The number of nitrogens with one attached hydrogen (secondary N) is 1. The van der Waals surface area contributed by atoms with Gasteiger partial charge in [-0.2, -0.15) is 0 Å². The van der Waals surface area contributed by atoms with Gasteiger partial charge >= 0.3 is 0 Å². The fourth-order valence-corrected chi connectivity index (χ4v) is 1.72. The predicted molar refractivity (Wildman–Crippen MR) is 77.4 cm³/mol. The van der Waals surface area contributed by atoms with Crippen molar-refractivity contribution in [2.45, 2.75) is 59.1 Å². The number of ketones is 2. The summed E-state index contributed by atoms with van der Waals surface area (Å²) in [5, 5.41) is 2.74. The molecule has 0 aromatic carbocycles. The first kappa shape index (κ1) is 18.5. The van der Waals surface area contributed by atoms with Crippen LogP contribution in [0.15, 0.2) is 12.2 Å². The summed E-state index contributed by atoms with van der Waals surface area (Å²) in [5.41, 5.74) is -0.482. The molecule has 0 rings (SSSR count). The van der Waals surface area contributed by atoms with Gasteiger partial charge in [0.1, 0.15) is 5.78 Å². The first-order chi connectivity index (χ1) is 9.12. The van der Waals surface area contributed by atoms with Gasteiger partial charge in [-0.1, -0.05) is 0 Å². The van der Waals surface area contributed by atoms with E-state index in [4.69, 9.17) is 4.74 Å². The molecule has 20 heavy (non-hydrogen) atoms. The summed E-state index contributed by atoms with van der Waals surface area (Å²) >= 11 is 0. The number of carbonyl (C=O) groups is 3. The van der Waals surface area contributed by atoms with Crippen LogP contribution in [-0.4, -0.2) is 35.7 Å². The van der Waals surface area contributed by atoms with Crippen LogP contribution in [0.25, 0.3) is 0 Å². The lowest BCUT2D eigenvalue weighted by molar-refractivity contribution is -0.123. The Balaban J connectivity index is 3.99. The molecule has 0 aliphatic heterocycles. The lowest BCUT2D eigenvalue weighted by Gasteiger charge is -2.25. The zero-order chi connectivity index (χ0) is 15.8. The molecule has 0 aliphatic rings. The van der Waals surface area contributed by atoms with Crippen LogP contribution in [0.1, 0.15) is 47.5 Å². The Kier molecular flexibility index (Phi) is 7.99. The predicted octanol–water partition coefficient (Wildman–Crippen LogP) is 1.80. The number of amides is 1. The van der Waals surface area contributed by atoms with Crippen LogP contribution in [0.4, 0.5) is 0 Å². The summed E-state index contributed by atoms with van der Waals surface area (Å²) in [7, 11) is 0. The van der Waals surface area contributed by atoms with E-state index >= 15 is 0 Å². The lowest BCUT2D eigenvalue weighted by atomic mass is 10.0. The molecule has 5 nitrogen and oxygen atoms in total. The monoisotopic (exact) mass is 283 g/mol. The molecule has 0 aliphatic carbocycles. The highest BCUT2D eigenvalue weighted by molar-refractivity contribution is 5.96. The fraction of sp³-hybridized carbons (Fsp3) is 0.667. The maximum Gasteiger partial charge on any atom is 0.244 e. The number of carbonyl (C=O) groups excluding carboxylic acids is 3. The Labute approximate surface area is 120 Å². The third-order valence-electron chi connectivity index (χ3n) is 2.58. The number of Topliss-reactive ketones (excluding diaryl/α,β-unsaturated/α-hetero) is 1. The highest BCUT2D eigenvalue weighted by Gasteiger charge is 2.20. The van der Waals surface area contributed by atoms with E-state index in [0.717, 1.165) is 0 Å². The Bertz CT molecular complexity index is 385. The second kappa shape index (κ2) is 8.64. The van der Waals surface area contributed by atoms with Gasteiger partial charge in [0.05, 0.1) is 5.60 Å². The molecule has 0 saturated heterocycles. The van der Waals surface area contributed by atoms with Crippen molar-refractivity contribution in [3.63, 3.8) is 0 Å². The minimum atomic E-state index is -0.482. The molecule has 1 amide bonds. The quantitative estimate of drug-likeness (QED) is 0.655. The van der Waals surface area contributed by atoms with E-state index in [1.165, 1.54) is 26.0 Å². The Hall–Kier alpha value is -1.49. The second-order valence-corrected chi connectivity index (χ2v) is 5.63. The highest BCUT2D eigenvalue weighted by Crippen LogP contribution is 2.15. The number of rotatable bonds is 9. The first-order valence-electron chi connectivity index (χ1n) is 6.75.